The van der Waals surface area contributed by atoms with E-state index in [1.54, 1.807) is 12.1 Å². The van der Waals surface area contributed by atoms with Crippen LogP contribution < -0.4 is 9.46 Å². The maximum Gasteiger partial charge on any atom is 0.337 e. The first kappa shape index (κ1) is 22.8. The van der Waals surface area contributed by atoms with Crippen LogP contribution in [0, 0.1) is 6.92 Å². The smallest absolute Gasteiger partial charge is 0.337 e. The zero-order chi connectivity index (χ0) is 23.2. The topological polar surface area (TPSA) is 84.6 Å². The van der Waals surface area contributed by atoms with E-state index in [1.807, 2.05) is 61.5 Å². The summed E-state index contributed by atoms with van der Waals surface area (Å²) in [6, 6.07) is 21.9. The van der Waals surface area contributed by atoms with Crippen LogP contribution in [0.15, 0.2) is 82.1 Å². The van der Waals surface area contributed by atoms with Crippen molar-refractivity contribution in [2.45, 2.75) is 18.2 Å². The number of carboxylic acids is 1. The molecule has 33 heavy (non-hydrogen) atoms. The van der Waals surface area contributed by atoms with Crippen LogP contribution in [0.2, 0.25) is 5.02 Å². The van der Waals surface area contributed by atoms with E-state index in [2.05, 4.69) is 9.71 Å². The predicted octanol–water partition coefficient (Wildman–Crippen LogP) is 6.74. The lowest BCUT2D eigenvalue weighted by Crippen LogP contribution is -2.03. The Morgan fingerprint density at radius 3 is 2.61 bits per heavy atom. The molecule has 8 heteroatoms. The Morgan fingerprint density at radius 1 is 1.12 bits per heavy atom. The minimum atomic E-state index is -1.02. The molecule has 0 radical (unpaired) electrons. The lowest BCUT2D eigenvalue weighted by atomic mass is 10.2. The Kier molecular flexibility index (Phi) is 7.22. The third-order valence-electron chi connectivity index (χ3n) is 4.84. The van der Waals surface area contributed by atoms with Crippen molar-refractivity contribution in [1.29, 1.82) is 0 Å². The minimum Gasteiger partial charge on any atom is -0.493 e. The number of carboxylic acid groups (broad SMARTS) is 1. The van der Waals surface area contributed by atoms with Crippen LogP contribution in [0.25, 0.3) is 11.5 Å². The molecular formula is C25H21ClN2O4S. The van der Waals surface area contributed by atoms with Gasteiger partial charge >= 0.3 is 5.97 Å². The summed E-state index contributed by atoms with van der Waals surface area (Å²) in [6.07, 6.45) is 0.632. The van der Waals surface area contributed by atoms with Crippen LogP contribution >= 0.6 is 23.5 Å². The minimum absolute atomic E-state index is 0.158. The second-order valence-electron chi connectivity index (χ2n) is 7.16. The fraction of sp³-hybridized carbons (Fsp3) is 0.120. The maximum absolute atomic E-state index is 11.4. The van der Waals surface area contributed by atoms with Crippen LogP contribution in [0.3, 0.4) is 0 Å². The molecule has 1 aromatic heterocycles. The number of rotatable bonds is 9. The van der Waals surface area contributed by atoms with Gasteiger partial charge in [0.25, 0.3) is 0 Å². The van der Waals surface area contributed by atoms with Gasteiger partial charge in [-0.1, -0.05) is 29.8 Å². The number of hydrogen-bond acceptors (Lipinski definition) is 6. The fourth-order valence-electron chi connectivity index (χ4n) is 3.13. The number of aromatic nitrogens is 1. The molecule has 0 bridgehead atoms. The Balaban J connectivity index is 1.31. The molecular weight excluding hydrogens is 460 g/mol. The lowest BCUT2D eigenvalue weighted by Gasteiger charge is -2.10. The van der Waals surface area contributed by atoms with E-state index in [4.69, 9.17) is 20.8 Å². The number of carbonyl (C=O) groups is 1. The highest BCUT2D eigenvalue weighted by atomic mass is 35.5. The molecule has 4 aromatic rings. The number of nitrogens with one attached hydrogen (secondary N) is 1. The number of benzene rings is 3. The van der Waals surface area contributed by atoms with E-state index in [0.717, 1.165) is 27.7 Å². The van der Waals surface area contributed by atoms with Crippen LogP contribution in [-0.2, 0) is 6.42 Å². The predicted molar refractivity (Wildman–Crippen MR) is 130 cm³/mol. The van der Waals surface area contributed by atoms with E-state index < -0.39 is 5.97 Å². The Hall–Kier alpha value is -3.42. The van der Waals surface area contributed by atoms with Crippen molar-refractivity contribution in [1.82, 2.24) is 4.98 Å². The first-order chi connectivity index (χ1) is 16.0. The van der Waals surface area contributed by atoms with Gasteiger partial charge in [0, 0.05) is 21.9 Å². The summed E-state index contributed by atoms with van der Waals surface area (Å²) < 4.78 is 14.7. The molecule has 0 atom stereocenters. The normalized spacial score (nSPS) is 10.7. The molecule has 0 unspecified atom stereocenters. The average molecular weight is 481 g/mol. The number of ether oxygens (including phenoxy) is 1. The van der Waals surface area contributed by atoms with Gasteiger partial charge in [0.2, 0.25) is 5.89 Å². The van der Waals surface area contributed by atoms with Crippen molar-refractivity contribution in [2.75, 3.05) is 11.3 Å². The number of anilines is 1. The number of hydrogen-bond donors (Lipinski definition) is 2. The first-order valence-corrected chi connectivity index (χ1v) is 11.4. The molecule has 0 aliphatic rings. The van der Waals surface area contributed by atoms with Gasteiger partial charge in [-0.3, -0.25) is 0 Å². The van der Waals surface area contributed by atoms with Gasteiger partial charge in [0.1, 0.15) is 11.5 Å². The van der Waals surface area contributed by atoms with E-state index in [1.165, 1.54) is 18.0 Å². The Morgan fingerprint density at radius 2 is 1.88 bits per heavy atom. The van der Waals surface area contributed by atoms with Crippen molar-refractivity contribution in [3.8, 4) is 17.2 Å². The second-order valence-corrected chi connectivity index (χ2v) is 8.47. The number of aryl methyl sites for hydroxylation is 1. The van der Waals surface area contributed by atoms with Crippen molar-refractivity contribution in [2.24, 2.45) is 0 Å². The summed E-state index contributed by atoms with van der Waals surface area (Å²) in [5.74, 6) is 1.12. The van der Waals surface area contributed by atoms with Crippen LogP contribution in [0.4, 0.5) is 5.69 Å². The fourth-order valence-corrected chi connectivity index (χ4v) is 3.98. The molecule has 0 saturated heterocycles. The monoisotopic (exact) mass is 480 g/mol. The van der Waals surface area contributed by atoms with Crippen LogP contribution in [0.5, 0.6) is 5.75 Å². The number of nitrogens with zero attached hydrogens (tertiary/aromatic N) is 1. The zero-order valence-corrected chi connectivity index (χ0v) is 19.3. The summed E-state index contributed by atoms with van der Waals surface area (Å²) in [7, 11) is 0. The van der Waals surface area contributed by atoms with Gasteiger partial charge in [0.15, 0.2) is 0 Å². The van der Waals surface area contributed by atoms with E-state index in [0.29, 0.717) is 29.6 Å². The molecule has 2 N–H and O–H groups in total. The molecule has 4 rings (SSSR count). The van der Waals surface area contributed by atoms with Crippen molar-refractivity contribution in [3.63, 3.8) is 0 Å². The van der Waals surface area contributed by atoms with Gasteiger partial charge in [-0.25, -0.2) is 9.78 Å². The van der Waals surface area contributed by atoms with Crippen molar-refractivity contribution >= 4 is 35.2 Å². The first-order valence-electron chi connectivity index (χ1n) is 10.2. The highest BCUT2D eigenvalue weighted by Crippen LogP contribution is 2.28. The zero-order valence-electron chi connectivity index (χ0n) is 17.7. The lowest BCUT2D eigenvalue weighted by molar-refractivity contribution is 0.0698. The van der Waals surface area contributed by atoms with E-state index in [-0.39, 0.29) is 5.56 Å². The second kappa shape index (κ2) is 10.5. The summed E-state index contributed by atoms with van der Waals surface area (Å²) >= 11 is 7.29. The van der Waals surface area contributed by atoms with Crippen molar-refractivity contribution in [3.05, 3.63) is 94.8 Å². The van der Waals surface area contributed by atoms with Gasteiger partial charge in [0.05, 0.1) is 23.6 Å². The summed E-state index contributed by atoms with van der Waals surface area (Å²) in [6.45, 7) is 2.38. The SMILES string of the molecule is Cc1oc(-c2ccccc2)nc1CCOc1ccc(SNc2cc(Cl)ccc2C(=O)O)cc1. The average Bonchev–Trinajstić information content (AvgIpc) is 3.19. The molecule has 0 aliphatic heterocycles. The summed E-state index contributed by atoms with van der Waals surface area (Å²) in [4.78, 5) is 16.9. The number of aromatic carboxylic acids is 1. The molecule has 6 nitrogen and oxygen atoms in total. The van der Waals surface area contributed by atoms with Gasteiger partial charge in [-0.15, -0.1) is 0 Å². The summed E-state index contributed by atoms with van der Waals surface area (Å²) in [5.41, 5.74) is 2.42. The largest absolute Gasteiger partial charge is 0.493 e. The van der Waals surface area contributed by atoms with Crippen molar-refractivity contribution < 1.29 is 19.1 Å². The highest BCUT2D eigenvalue weighted by molar-refractivity contribution is 8.00. The highest BCUT2D eigenvalue weighted by Gasteiger charge is 2.12. The quantitative estimate of drug-likeness (QED) is 0.256. The van der Waals surface area contributed by atoms with Crippen LogP contribution in [-0.4, -0.2) is 22.7 Å². The van der Waals surface area contributed by atoms with E-state index >= 15 is 0 Å². The molecule has 0 amide bonds. The van der Waals surface area contributed by atoms with Gasteiger partial charge in [-0.2, -0.15) is 0 Å². The molecule has 1 heterocycles. The van der Waals surface area contributed by atoms with E-state index in [9.17, 15) is 9.90 Å². The maximum atomic E-state index is 11.4. The third-order valence-corrected chi connectivity index (χ3v) is 5.90. The standard InChI is InChI=1S/C25H21ClN2O4S/c1-16-22(27-24(32-16)17-5-3-2-4-6-17)13-14-31-19-8-10-20(11-9-19)33-28-23-15-18(26)7-12-21(23)25(29)30/h2-12,15,28H,13-14H2,1H3,(H,29,30). The molecule has 0 aliphatic carbocycles. The molecule has 168 valence electrons. The molecule has 3 aromatic carbocycles. The van der Waals surface area contributed by atoms with Crippen LogP contribution in [0.1, 0.15) is 21.8 Å². The van der Waals surface area contributed by atoms with Gasteiger partial charge < -0.3 is 19.0 Å². The molecule has 0 fully saturated rings. The summed E-state index contributed by atoms with van der Waals surface area (Å²) in [5, 5.41) is 9.78. The third kappa shape index (κ3) is 5.88. The number of oxazole rings is 1. The molecule has 0 saturated carbocycles. The Bertz CT molecular complexity index is 1240. The van der Waals surface area contributed by atoms with Gasteiger partial charge in [-0.05, 0) is 73.5 Å². The number of halogens is 1. The Labute approximate surface area is 200 Å². The molecule has 0 spiro atoms.